The van der Waals surface area contributed by atoms with Gasteiger partial charge >= 0.3 is 0 Å². The topological polar surface area (TPSA) is 24.5 Å². The Bertz CT molecular complexity index is 388. The second kappa shape index (κ2) is 9.72. The number of benzene rings is 1. The van der Waals surface area contributed by atoms with Crippen LogP contribution in [0.2, 0.25) is 0 Å². The summed E-state index contributed by atoms with van der Waals surface area (Å²) in [5, 5.41) is 3.31. The standard InChI is InChI=1S/C16H26N2OS/c1-4-13-19-15-9-7-14(8-10-15)16(20)17-11-12-18(5-2)6-3/h7-10H,4-6,11-13H2,1-3H3,(H,17,20). The zero-order valence-electron chi connectivity index (χ0n) is 12.8. The highest BCUT2D eigenvalue weighted by molar-refractivity contribution is 7.80. The van der Waals surface area contributed by atoms with Crippen LogP contribution in [0.3, 0.4) is 0 Å². The van der Waals surface area contributed by atoms with Gasteiger partial charge in [0.1, 0.15) is 10.7 Å². The van der Waals surface area contributed by atoms with Gasteiger partial charge in [0.2, 0.25) is 0 Å². The number of nitrogens with one attached hydrogen (secondary N) is 1. The third-order valence-corrected chi connectivity index (χ3v) is 3.58. The summed E-state index contributed by atoms with van der Waals surface area (Å²) >= 11 is 5.41. The van der Waals surface area contributed by atoms with Gasteiger partial charge in [-0.05, 0) is 43.8 Å². The molecule has 0 spiro atoms. The van der Waals surface area contributed by atoms with E-state index in [4.69, 9.17) is 17.0 Å². The quantitative estimate of drug-likeness (QED) is 0.707. The van der Waals surface area contributed by atoms with Gasteiger partial charge in [-0.1, -0.05) is 33.0 Å². The molecule has 0 radical (unpaired) electrons. The van der Waals surface area contributed by atoms with Gasteiger partial charge in [0, 0.05) is 18.7 Å². The van der Waals surface area contributed by atoms with Gasteiger partial charge in [-0.2, -0.15) is 0 Å². The molecule has 0 aliphatic heterocycles. The smallest absolute Gasteiger partial charge is 0.119 e. The van der Waals surface area contributed by atoms with E-state index in [0.29, 0.717) is 0 Å². The van der Waals surface area contributed by atoms with Gasteiger partial charge in [0.25, 0.3) is 0 Å². The van der Waals surface area contributed by atoms with Crippen LogP contribution in [0.1, 0.15) is 32.8 Å². The summed E-state index contributed by atoms with van der Waals surface area (Å²) < 4.78 is 5.56. The maximum Gasteiger partial charge on any atom is 0.119 e. The molecule has 1 aromatic rings. The Labute approximate surface area is 128 Å². The first kappa shape index (κ1) is 16.9. The molecule has 0 fully saturated rings. The molecule has 0 saturated carbocycles. The molecule has 20 heavy (non-hydrogen) atoms. The summed E-state index contributed by atoms with van der Waals surface area (Å²) in [5.74, 6) is 0.904. The summed E-state index contributed by atoms with van der Waals surface area (Å²) in [7, 11) is 0. The fourth-order valence-corrected chi connectivity index (χ4v) is 2.13. The molecule has 0 aromatic heterocycles. The average molecular weight is 294 g/mol. The highest BCUT2D eigenvalue weighted by Gasteiger charge is 2.03. The van der Waals surface area contributed by atoms with Gasteiger partial charge in [-0.25, -0.2) is 0 Å². The average Bonchev–Trinajstić information content (AvgIpc) is 2.50. The molecule has 0 amide bonds. The van der Waals surface area contributed by atoms with Gasteiger partial charge in [-0.15, -0.1) is 0 Å². The van der Waals surface area contributed by atoms with Crippen molar-refractivity contribution in [1.29, 1.82) is 0 Å². The maximum absolute atomic E-state index is 5.56. The lowest BCUT2D eigenvalue weighted by atomic mass is 10.2. The van der Waals surface area contributed by atoms with Gasteiger partial charge < -0.3 is 15.0 Å². The summed E-state index contributed by atoms with van der Waals surface area (Å²) in [6, 6.07) is 7.97. The zero-order valence-corrected chi connectivity index (χ0v) is 13.6. The van der Waals surface area contributed by atoms with Gasteiger partial charge in [-0.3, -0.25) is 0 Å². The van der Waals surface area contributed by atoms with Crippen LogP contribution < -0.4 is 10.1 Å². The Hall–Kier alpha value is -1.13. The largest absolute Gasteiger partial charge is 0.494 e. The van der Waals surface area contributed by atoms with Crippen molar-refractivity contribution < 1.29 is 4.74 Å². The van der Waals surface area contributed by atoms with E-state index in [1.807, 2.05) is 24.3 Å². The molecular weight excluding hydrogens is 268 g/mol. The van der Waals surface area contributed by atoms with Crippen LogP contribution in [-0.2, 0) is 0 Å². The van der Waals surface area contributed by atoms with E-state index < -0.39 is 0 Å². The molecule has 0 aliphatic carbocycles. The van der Waals surface area contributed by atoms with Crippen molar-refractivity contribution in [3.8, 4) is 5.75 Å². The molecular formula is C16H26N2OS. The summed E-state index contributed by atoms with van der Waals surface area (Å²) in [5.41, 5.74) is 1.04. The van der Waals surface area contributed by atoms with Crippen LogP contribution in [0.15, 0.2) is 24.3 Å². The van der Waals surface area contributed by atoms with E-state index in [1.54, 1.807) is 0 Å². The fourth-order valence-electron chi connectivity index (χ4n) is 1.89. The lowest BCUT2D eigenvalue weighted by Crippen LogP contribution is -2.34. The van der Waals surface area contributed by atoms with Crippen molar-refractivity contribution in [3.05, 3.63) is 29.8 Å². The number of likely N-dealkylation sites (N-methyl/N-ethyl adjacent to an activating group) is 1. The second-order valence-electron chi connectivity index (χ2n) is 4.66. The minimum atomic E-state index is 0.756. The van der Waals surface area contributed by atoms with Crippen molar-refractivity contribution in [3.63, 3.8) is 0 Å². The molecule has 1 rings (SSSR count). The first-order chi connectivity index (χ1) is 9.71. The van der Waals surface area contributed by atoms with E-state index in [-0.39, 0.29) is 0 Å². The molecule has 1 aromatic carbocycles. The molecule has 112 valence electrons. The van der Waals surface area contributed by atoms with Crippen LogP contribution >= 0.6 is 12.2 Å². The Morgan fingerprint density at radius 1 is 1.15 bits per heavy atom. The van der Waals surface area contributed by atoms with Crippen LogP contribution in [-0.4, -0.2) is 42.7 Å². The van der Waals surface area contributed by atoms with Crippen molar-refractivity contribution >= 4 is 17.2 Å². The number of hydrogen-bond acceptors (Lipinski definition) is 3. The number of ether oxygens (including phenoxy) is 1. The van der Waals surface area contributed by atoms with Crippen molar-refractivity contribution in [2.75, 3.05) is 32.8 Å². The van der Waals surface area contributed by atoms with Crippen molar-refractivity contribution in [2.24, 2.45) is 0 Å². The van der Waals surface area contributed by atoms with E-state index in [9.17, 15) is 0 Å². The predicted octanol–water partition coefficient (Wildman–Crippen LogP) is 3.08. The highest BCUT2D eigenvalue weighted by Crippen LogP contribution is 2.12. The Balaban J connectivity index is 2.39. The molecule has 0 aliphatic rings. The van der Waals surface area contributed by atoms with Crippen molar-refractivity contribution in [1.82, 2.24) is 10.2 Å². The summed E-state index contributed by atoms with van der Waals surface area (Å²) in [6.45, 7) is 11.3. The maximum atomic E-state index is 5.56. The summed E-state index contributed by atoms with van der Waals surface area (Å²) in [6.07, 6.45) is 1.02. The van der Waals surface area contributed by atoms with Gasteiger partial charge in [0.05, 0.1) is 6.61 Å². The third kappa shape index (κ3) is 5.88. The van der Waals surface area contributed by atoms with E-state index in [1.165, 1.54) is 0 Å². The second-order valence-corrected chi connectivity index (χ2v) is 5.06. The minimum absolute atomic E-state index is 0.756. The third-order valence-electron chi connectivity index (χ3n) is 3.20. The molecule has 4 heteroatoms. The summed E-state index contributed by atoms with van der Waals surface area (Å²) in [4.78, 5) is 3.18. The van der Waals surface area contributed by atoms with E-state index >= 15 is 0 Å². The highest BCUT2D eigenvalue weighted by atomic mass is 32.1. The zero-order chi connectivity index (χ0) is 14.8. The van der Waals surface area contributed by atoms with Crippen LogP contribution in [0.25, 0.3) is 0 Å². The number of rotatable bonds is 9. The van der Waals surface area contributed by atoms with Crippen LogP contribution in [0.4, 0.5) is 0 Å². The lowest BCUT2D eigenvalue weighted by molar-refractivity contribution is 0.309. The SMILES string of the molecule is CCCOc1ccc(C(=S)NCCN(CC)CC)cc1. The fraction of sp³-hybridized carbons (Fsp3) is 0.562. The van der Waals surface area contributed by atoms with Gasteiger partial charge in [0.15, 0.2) is 0 Å². The minimum Gasteiger partial charge on any atom is -0.494 e. The van der Waals surface area contributed by atoms with E-state index in [0.717, 1.165) is 55.5 Å². The monoisotopic (exact) mass is 294 g/mol. The van der Waals surface area contributed by atoms with Crippen LogP contribution in [0, 0.1) is 0 Å². The van der Waals surface area contributed by atoms with E-state index in [2.05, 4.69) is 31.0 Å². The molecule has 3 nitrogen and oxygen atoms in total. The number of nitrogens with zero attached hydrogens (tertiary/aromatic N) is 1. The van der Waals surface area contributed by atoms with Crippen molar-refractivity contribution in [2.45, 2.75) is 27.2 Å². The Morgan fingerprint density at radius 3 is 2.35 bits per heavy atom. The molecule has 0 atom stereocenters. The Morgan fingerprint density at radius 2 is 1.80 bits per heavy atom. The first-order valence-electron chi connectivity index (χ1n) is 7.44. The first-order valence-corrected chi connectivity index (χ1v) is 7.85. The lowest BCUT2D eigenvalue weighted by Gasteiger charge is -2.18. The molecule has 1 N–H and O–H groups in total. The molecule has 0 saturated heterocycles. The molecule has 0 bridgehead atoms. The molecule has 0 heterocycles. The predicted molar refractivity (Wildman–Crippen MR) is 89.7 cm³/mol. The Kier molecular flexibility index (Phi) is 8.23. The molecule has 0 unspecified atom stereocenters. The number of thiocarbonyl (C=S) groups is 1. The van der Waals surface area contributed by atoms with Crippen LogP contribution in [0.5, 0.6) is 5.75 Å². The normalized spacial score (nSPS) is 10.6. The number of hydrogen-bond donors (Lipinski definition) is 1.